The molecule has 14 heteroatoms. The van der Waals surface area contributed by atoms with Gasteiger partial charge in [0.05, 0.1) is 19.3 Å². The monoisotopic (exact) mass is 705 g/mol. The zero-order valence-electron chi connectivity index (χ0n) is 30.4. The first kappa shape index (κ1) is 36.1. The molecule has 3 aromatic rings. The molecule has 3 fully saturated rings. The van der Waals surface area contributed by atoms with Gasteiger partial charge < -0.3 is 39.0 Å². The number of hydrogen-bond donors (Lipinski definition) is 1. The molecule has 2 aromatic heterocycles. The molecule has 0 radical (unpaired) electrons. The van der Waals surface area contributed by atoms with Crippen molar-refractivity contribution in [3.63, 3.8) is 0 Å². The summed E-state index contributed by atoms with van der Waals surface area (Å²) in [5.41, 5.74) is 2.09. The van der Waals surface area contributed by atoms with E-state index in [2.05, 4.69) is 24.3 Å². The predicted molar refractivity (Wildman–Crippen MR) is 190 cm³/mol. The molecule has 3 aliphatic rings. The Morgan fingerprint density at radius 1 is 0.882 bits per heavy atom. The Bertz CT molecular complexity index is 1670. The summed E-state index contributed by atoms with van der Waals surface area (Å²) in [5.74, 6) is 1.43. The van der Waals surface area contributed by atoms with E-state index < -0.39 is 11.7 Å². The maximum Gasteiger partial charge on any atom is 0.410 e. The molecular weight excluding hydrogens is 654 g/mol. The van der Waals surface area contributed by atoms with Gasteiger partial charge in [0.2, 0.25) is 5.88 Å². The number of hydrogen-bond acceptors (Lipinski definition) is 10. The van der Waals surface area contributed by atoms with E-state index in [0.29, 0.717) is 64.4 Å². The van der Waals surface area contributed by atoms with E-state index in [4.69, 9.17) is 23.9 Å². The van der Waals surface area contributed by atoms with Crippen molar-refractivity contribution < 1.29 is 33.3 Å². The molecule has 51 heavy (non-hydrogen) atoms. The summed E-state index contributed by atoms with van der Waals surface area (Å²) < 4.78 is 25.1. The topological polar surface area (TPSA) is 140 Å². The molecule has 3 amide bonds. The van der Waals surface area contributed by atoms with Gasteiger partial charge in [-0.15, -0.1) is 0 Å². The number of fused-ring (bicyclic) bond motifs is 1. The summed E-state index contributed by atoms with van der Waals surface area (Å²) in [6.07, 6.45) is 3.78. The Kier molecular flexibility index (Phi) is 11.1. The minimum atomic E-state index is -0.568. The van der Waals surface area contributed by atoms with E-state index in [1.165, 1.54) is 0 Å². The molecular formula is C37H51N7O7. The van der Waals surface area contributed by atoms with Crippen LogP contribution in [0.1, 0.15) is 83.8 Å². The second kappa shape index (κ2) is 15.6. The number of aromatic nitrogens is 3. The number of rotatable bonds is 8. The van der Waals surface area contributed by atoms with Crippen LogP contribution >= 0.6 is 0 Å². The molecule has 3 saturated heterocycles. The van der Waals surface area contributed by atoms with E-state index in [-0.39, 0.29) is 43.0 Å². The Balaban J connectivity index is 1.02. The zero-order chi connectivity index (χ0) is 36.1. The molecule has 0 aliphatic carbocycles. The Hall–Kier alpha value is -4.75. The van der Waals surface area contributed by atoms with Crippen LogP contribution in [0.3, 0.4) is 0 Å². The van der Waals surface area contributed by atoms with Crippen molar-refractivity contribution in [2.45, 2.75) is 103 Å². The summed E-state index contributed by atoms with van der Waals surface area (Å²) in [4.78, 5) is 48.3. The van der Waals surface area contributed by atoms with E-state index in [0.717, 1.165) is 35.4 Å². The highest BCUT2D eigenvalue weighted by Crippen LogP contribution is 2.28. The molecule has 1 aromatic carbocycles. The summed E-state index contributed by atoms with van der Waals surface area (Å²) >= 11 is 0. The van der Waals surface area contributed by atoms with Gasteiger partial charge in [0.15, 0.2) is 5.65 Å². The van der Waals surface area contributed by atoms with Crippen LogP contribution in [0.5, 0.6) is 5.88 Å². The third kappa shape index (κ3) is 9.33. The molecule has 1 N–H and O–H groups in total. The number of piperidine rings is 2. The number of nitrogens with zero attached hydrogens (tertiary/aromatic N) is 6. The van der Waals surface area contributed by atoms with Crippen molar-refractivity contribution >= 4 is 29.7 Å². The van der Waals surface area contributed by atoms with E-state index in [1.807, 2.05) is 67.9 Å². The van der Waals surface area contributed by atoms with Gasteiger partial charge in [0.25, 0.3) is 0 Å². The van der Waals surface area contributed by atoms with Gasteiger partial charge in [-0.3, -0.25) is 0 Å². The summed E-state index contributed by atoms with van der Waals surface area (Å²) in [5, 5.41) is 8.29. The lowest BCUT2D eigenvalue weighted by atomic mass is 10.1. The first-order valence-corrected chi connectivity index (χ1v) is 18.1. The highest BCUT2D eigenvalue weighted by atomic mass is 16.6. The third-order valence-corrected chi connectivity index (χ3v) is 9.40. The standard InChI is InChI=1S/C37H51N7O7/c1-25(2)30-21-38-44-31(20-32(40-33(30)44)49-28-12-9-16-42(22-28)36(47)51-37(3,4)5)39-27-13-17-41(18-14-27)35(46)50-29-15-19-43(23-29)34(45)48-24-26-10-7-6-8-11-26/h6-8,10-11,20-21,25,27-29,39H,9,12-19,22-24H2,1-5H3/t28-,29+/m1/s1. The fraction of sp³-hybridized carbons (Fsp3) is 0.595. The molecule has 14 nitrogen and oxygen atoms in total. The van der Waals surface area contributed by atoms with Gasteiger partial charge in [-0.1, -0.05) is 44.2 Å². The van der Waals surface area contributed by atoms with Crippen LogP contribution in [0.2, 0.25) is 0 Å². The van der Waals surface area contributed by atoms with Crippen molar-refractivity contribution in [1.82, 2.24) is 29.3 Å². The fourth-order valence-corrected chi connectivity index (χ4v) is 6.66. The van der Waals surface area contributed by atoms with Crippen LogP contribution in [0, 0.1) is 0 Å². The summed E-state index contributed by atoms with van der Waals surface area (Å²) in [7, 11) is 0. The second-order valence-corrected chi connectivity index (χ2v) is 15.0. The van der Waals surface area contributed by atoms with E-state index in [9.17, 15) is 14.4 Å². The molecule has 0 unspecified atom stereocenters. The van der Waals surface area contributed by atoms with Gasteiger partial charge in [0.1, 0.15) is 30.2 Å². The fourth-order valence-electron chi connectivity index (χ4n) is 6.66. The van der Waals surface area contributed by atoms with Gasteiger partial charge in [-0.2, -0.15) is 14.6 Å². The lowest BCUT2D eigenvalue weighted by Gasteiger charge is -2.34. The number of nitrogens with one attached hydrogen (secondary N) is 1. The van der Waals surface area contributed by atoms with Crippen molar-refractivity contribution in [3.8, 4) is 5.88 Å². The number of carbonyl (C=O) groups is 3. The number of likely N-dealkylation sites (tertiary alicyclic amines) is 3. The van der Waals surface area contributed by atoms with Crippen molar-refractivity contribution in [2.75, 3.05) is 44.6 Å². The number of anilines is 1. The molecule has 0 saturated carbocycles. The number of amides is 3. The highest BCUT2D eigenvalue weighted by molar-refractivity contribution is 5.70. The highest BCUT2D eigenvalue weighted by Gasteiger charge is 2.33. The lowest BCUT2D eigenvalue weighted by Crippen LogP contribution is -2.46. The van der Waals surface area contributed by atoms with Gasteiger partial charge in [-0.05, 0) is 57.9 Å². The summed E-state index contributed by atoms with van der Waals surface area (Å²) in [6, 6.07) is 11.5. The summed E-state index contributed by atoms with van der Waals surface area (Å²) in [6.45, 7) is 12.9. The minimum absolute atomic E-state index is 0.0814. The predicted octanol–water partition coefficient (Wildman–Crippen LogP) is 6.06. The van der Waals surface area contributed by atoms with Crippen LogP contribution in [-0.4, -0.2) is 111 Å². The molecule has 2 atom stereocenters. The van der Waals surface area contributed by atoms with Crippen molar-refractivity contribution in [1.29, 1.82) is 0 Å². The molecule has 5 heterocycles. The quantitative estimate of drug-likeness (QED) is 0.275. The Morgan fingerprint density at radius 2 is 1.59 bits per heavy atom. The second-order valence-electron chi connectivity index (χ2n) is 15.0. The average molecular weight is 706 g/mol. The van der Waals surface area contributed by atoms with Crippen LogP contribution in [0.25, 0.3) is 5.65 Å². The van der Waals surface area contributed by atoms with Gasteiger partial charge in [0, 0.05) is 50.3 Å². The SMILES string of the molecule is CC(C)c1cnn2c(NC3CCN(C(=O)O[C@H]4CCN(C(=O)OCc5ccccc5)C4)CC3)cc(O[C@@H]3CCCN(C(=O)OC(C)(C)C)C3)nc12. The smallest absolute Gasteiger partial charge is 0.410 e. The van der Waals surface area contributed by atoms with Gasteiger partial charge in [-0.25, -0.2) is 14.4 Å². The third-order valence-electron chi connectivity index (χ3n) is 9.40. The van der Waals surface area contributed by atoms with Crippen LogP contribution < -0.4 is 10.1 Å². The average Bonchev–Trinajstić information content (AvgIpc) is 3.75. The molecule has 3 aliphatic heterocycles. The number of ether oxygens (including phenoxy) is 4. The van der Waals surface area contributed by atoms with Crippen LogP contribution in [-0.2, 0) is 20.8 Å². The number of benzene rings is 1. The van der Waals surface area contributed by atoms with E-state index in [1.54, 1.807) is 14.7 Å². The minimum Gasteiger partial charge on any atom is -0.472 e. The first-order valence-electron chi connectivity index (χ1n) is 18.1. The lowest BCUT2D eigenvalue weighted by molar-refractivity contribution is 0.00722. The molecule has 0 spiro atoms. The van der Waals surface area contributed by atoms with E-state index >= 15 is 0 Å². The van der Waals surface area contributed by atoms with Crippen LogP contribution in [0.4, 0.5) is 20.2 Å². The maximum absolute atomic E-state index is 13.1. The first-order chi connectivity index (χ1) is 24.4. The maximum atomic E-state index is 13.1. The van der Waals surface area contributed by atoms with Crippen LogP contribution in [0.15, 0.2) is 42.6 Å². The zero-order valence-corrected chi connectivity index (χ0v) is 30.4. The number of carbonyl (C=O) groups excluding carboxylic acids is 3. The Morgan fingerprint density at radius 3 is 2.31 bits per heavy atom. The van der Waals surface area contributed by atoms with Crippen molar-refractivity contribution in [3.05, 3.63) is 53.7 Å². The normalized spacial score (nSPS) is 20.1. The van der Waals surface area contributed by atoms with Gasteiger partial charge >= 0.3 is 18.3 Å². The largest absolute Gasteiger partial charge is 0.472 e. The molecule has 0 bridgehead atoms. The Labute approximate surface area is 299 Å². The molecule has 6 rings (SSSR count). The molecule has 276 valence electrons. The van der Waals surface area contributed by atoms with Crippen molar-refractivity contribution in [2.24, 2.45) is 0 Å².